The van der Waals surface area contributed by atoms with Gasteiger partial charge in [-0.25, -0.2) is 4.98 Å². The van der Waals surface area contributed by atoms with Gasteiger partial charge in [-0.2, -0.15) is 0 Å². The van der Waals surface area contributed by atoms with Gasteiger partial charge in [-0.1, -0.05) is 19.1 Å². The van der Waals surface area contributed by atoms with Gasteiger partial charge in [0.05, 0.1) is 11.0 Å². The van der Waals surface area contributed by atoms with E-state index in [2.05, 4.69) is 9.55 Å². The first-order chi connectivity index (χ1) is 8.72. The molecular weight excluding hydrogens is 264 g/mol. The fraction of sp³-hybridized carbons (Fsp3) is 0.385. The van der Waals surface area contributed by atoms with Gasteiger partial charge in [-0.3, -0.25) is 9.69 Å². The van der Waals surface area contributed by atoms with E-state index >= 15 is 0 Å². The van der Waals surface area contributed by atoms with Crippen molar-refractivity contribution in [3.05, 3.63) is 24.3 Å². The summed E-state index contributed by atoms with van der Waals surface area (Å²) in [6, 6.07) is 7.95. The lowest BCUT2D eigenvalue weighted by atomic mass is 10.1. The summed E-state index contributed by atoms with van der Waals surface area (Å²) in [5, 5.41) is 0. The van der Waals surface area contributed by atoms with E-state index in [0.717, 1.165) is 23.5 Å². The molecule has 19 heavy (non-hydrogen) atoms. The second-order valence-electron chi connectivity index (χ2n) is 4.68. The van der Waals surface area contributed by atoms with E-state index in [9.17, 15) is 4.79 Å². The number of hydrogen-bond acceptors (Lipinski definition) is 3. The van der Waals surface area contributed by atoms with Crippen LogP contribution >= 0.6 is 12.4 Å². The molecule has 0 radical (unpaired) electrons. The number of amides is 1. The van der Waals surface area contributed by atoms with Crippen LogP contribution in [0.25, 0.3) is 11.0 Å². The van der Waals surface area contributed by atoms with E-state index in [1.807, 2.05) is 31.2 Å². The number of carbonyl (C=O) groups is 1. The van der Waals surface area contributed by atoms with Crippen LogP contribution in [0.2, 0.25) is 0 Å². The van der Waals surface area contributed by atoms with Crippen LogP contribution in [0.5, 0.6) is 0 Å². The van der Waals surface area contributed by atoms with Crippen molar-refractivity contribution in [2.75, 3.05) is 18.0 Å². The van der Waals surface area contributed by atoms with Crippen LogP contribution in [0.4, 0.5) is 5.95 Å². The summed E-state index contributed by atoms with van der Waals surface area (Å²) in [6.07, 6.45) is 0. The number of benzene rings is 1. The predicted octanol–water partition coefficient (Wildman–Crippen LogP) is 1.40. The second kappa shape index (κ2) is 5.19. The van der Waals surface area contributed by atoms with Gasteiger partial charge in [0.2, 0.25) is 11.9 Å². The lowest BCUT2D eigenvalue weighted by Gasteiger charge is -2.17. The van der Waals surface area contributed by atoms with E-state index in [0.29, 0.717) is 13.1 Å². The van der Waals surface area contributed by atoms with Crippen molar-refractivity contribution in [2.24, 2.45) is 11.7 Å². The highest BCUT2D eigenvalue weighted by Gasteiger charge is 2.30. The zero-order valence-corrected chi connectivity index (χ0v) is 11.6. The molecule has 1 amide bonds. The monoisotopic (exact) mass is 280 g/mol. The first-order valence-electron chi connectivity index (χ1n) is 6.19. The molecule has 1 aliphatic rings. The van der Waals surface area contributed by atoms with Crippen molar-refractivity contribution >= 4 is 35.3 Å². The minimum atomic E-state index is -0.156. The fourth-order valence-corrected chi connectivity index (χ4v) is 2.36. The molecule has 0 bridgehead atoms. The molecule has 0 saturated carbocycles. The summed E-state index contributed by atoms with van der Waals surface area (Å²) >= 11 is 0. The number of halogens is 1. The third-order valence-corrected chi connectivity index (χ3v) is 3.46. The standard InChI is InChI=1S/C13H16N4O.ClH/c1-9(8-14)12(18)17-7-6-16-11-5-3-2-4-10(11)15-13(16)17;/h2-5,9H,6-8,14H2,1H3;1H. The van der Waals surface area contributed by atoms with Gasteiger partial charge < -0.3 is 10.3 Å². The Morgan fingerprint density at radius 3 is 2.89 bits per heavy atom. The van der Waals surface area contributed by atoms with Crippen LogP contribution in [0.1, 0.15) is 6.92 Å². The lowest BCUT2D eigenvalue weighted by Crippen LogP contribution is -2.37. The van der Waals surface area contributed by atoms with Crippen LogP contribution < -0.4 is 10.6 Å². The van der Waals surface area contributed by atoms with Crippen LogP contribution in [-0.4, -0.2) is 28.5 Å². The summed E-state index contributed by atoms with van der Waals surface area (Å²) in [6.45, 7) is 3.72. The molecular formula is C13H17ClN4O. The van der Waals surface area contributed by atoms with Gasteiger partial charge in [0.15, 0.2) is 0 Å². The number of imidazole rings is 1. The molecule has 0 fully saturated rings. The molecule has 2 aromatic rings. The van der Waals surface area contributed by atoms with Crippen molar-refractivity contribution in [3.63, 3.8) is 0 Å². The number of rotatable bonds is 2. The van der Waals surface area contributed by atoms with Crippen molar-refractivity contribution in [2.45, 2.75) is 13.5 Å². The quantitative estimate of drug-likeness (QED) is 0.904. The Labute approximate surface area is 117 Å². The molecule has 1 unspecified atom stereocenters. The number of nitrogens with two attached hydrogens (primary N) is 1. The van der Waals surface area contributed by atoms with E-state index in [1.165, 1.54) is 0 Å². The molecule has 0 spiro atoms. The molecule has 102 valence electrons. The van der Waals surface area contributed by atoms with E-state index in [-0.39, 0.29) is 24.2 Å². The van der Waals surface area contributed by atoms with E-state index in [1.54, 1.807) is 4.90 Å². The summed E-state index contributed by atoms with van der Waals surface area (Å²) in [4.78, 5) is 18.5. The topological polar surface area (TPSA) is 64.2 Å². The SMILES string of the molecule is CC(CN)C(=O)N1CCn2c1nc1ccccc12.Cl. The van der Waals surface area contributed by atoms with Crippen LogP contribution in [-0.2, 0) is 11.3 Å². The van der Waals surface area contributed by atoms with Gasteiger partial charge in [-0.15, -0.1) is 12.4 Å². The Hall–Kier alpha value is -1.59. The van der Waals surface area contributed by atoms with Gasteiger partial charge in [0.25, 0.3) is 0 Å². The highest BCUT2D eigenvalue weighted by molar-refractivity contribution is 5.96. The molecule has 1 aromatic heterocycles. The normalized spacial score (nSPS) is 15.2. The third-order valence-electron chi connectivity index (χ3n) is 3.46. The number of nitrogens with zero attached hydrogens (tertiary/aromatic N) is 3. The molecule has 0 aliphatic carbocycles. The average Bonchev–Trinajstić information content (AvgIpc) is 2.95. The zero-order valence-electron chi connectivity index (χ0n) is 10.7. The predicted molar refractivity (Wildman–Crippen MR) is 77.6 cm³/mol. The van der Waals surface area contributed by atoms with Crippen LogP contribution in [0.15, 0.2) is 24.3 Å². The summed E-state index contributed by atoms with van der Waals surface area (Å²) in [5.41, 5.74) is 7.58. The fourth-order valence-electron chi connectivity index (χ4n) is 2.36. The van der Waals surface area contributed by atoms with Gasteiger partial charge >= 0.3 is 0 Å². The van der Waals surface area contributed by atoms with Crippen molar-refractivity contribution in [3.8, 4) is 0 Å². The third kappa shape index (κ3) is 2.09. The first-order valence-corrected chi connectivity index (χ1v) is 6.19. The maximum absolute atomic E-state index is 12.2. The van der Waals surface area contributed by atoms with Gasteiger partial charge in [0.1, 0.15) is 0 Å². The van der Waals surface area contributed by atoms with Gasteiger partial charge in [-0.05, 0) is 12.1 Å². The molecule has 2 heterocycles. The summed E-state index contributed by atoms with van der Waals surface area (Å²) in [7, 11) is 0. The smallest absolute Gasteiger partial charge is 0.233 e. The van der Waals surface area contributed by atoms with E-state index in [4.69, 9.17) is 5.73 Å². The molecule has 0 saturated heterocycles. The Balaban J connectivity index is 0.00000133. The van der Waals surface area contributed by atoms with E-state index < -0.39 is 0 Å². The molecule has 2 N–H and O–H groups in total. The minimum absolute atomic E-state index is 0. The Kier molecular flexibility index (Phi) is 3.78. The molecule has 6 heteroatoms. The molecule has 1 atom stereocenters. The van der Waals surface area contributed by atoms with Crippen molar-refractivity contribution in [1.82, 2.24) is 9.55 Å². The first kappa shape index (κ1) is 13.8. The maximum atomic E-state index is 12.2. The van der Waals surface area contributed by atoms with Crippen molar-refractivity contribution in [1.29, 1.82) is 0 Å². The van der Waals surface area contributed by atoms with Crippen LogP contribution in [0.3, 0.4) is 0 Å². The maximum Gasteiger partial charge on any atom is 0.233 e. The summed E-state index contributed by atoms with van der Waals surface area (Å²) in [5.74, 6) is 0.657. The van der Waals surface area contributed by atoms with Crippen molar-refractivity contribution < 1.29 is 4.79 Å². The highest BCUT2D eigenvalue weighted by Crippen LogP contribution is 2.27. The number of anilines is 1. The highest BCUT2D eigenvalue weighted by atomic mass is 35.5. The number of para-hydroxylation sites is 2. The largest absolute Gasteiger partial charge is 0.330 e. The lowest BCUT2D eigenvalue weighted by molar-refractivity contribution is -0.121. The minimum Gasteiger partial charge on any atom is -0.330 e. The Bertz CT molecular complexity index is 610. The molecule has 1 aliphatic heterocycles. The molecule has 3 rings (SSSR count). The zero-order chi connectivity index (χ0) is 12.7. The van der Waals surface area contributed by atoms with Gasteiger partial charge in [0, 0.05) is 25.6 Å². The summed E-state index contributed by atoms with van der Waals surface area (Å²) < 4.78 is 2.09. The average molecular weight is 281 g/mol. The Morgan fingerprint density at radius 1 is 1.42 bits per heavy atom. The number of hydrogen-bond donors (Lipinski definition) is 1. The second-order valence-corrected chi connectivity index (χ2v) is 4.68. The number of aromatic nitrogens is 2. The number of fused-ring (bicyclic) bond motifs is 3. The molecule has 5 nitrogen and oxygen atoms in total. The van der Waals surface area contributed by atoms with Crippen LogP contribution in [0, 0.1) is 5.92 Å². The Morgan fingerprint density at radius 2 is 2.16 bits per heavy atom. The number of carbonyl (C=O) groups excluding carboxylic acids is 1. The molecule has 1 aromatic carbocycles.